The summed E-state index contributed by atoms with van der Waals surface area (Å²) in [5.74, 6) is -0.204. The monoisotopic (exact) mass is 634 g/mol. The maximum atomic E-state index is 14.3. The number of likely N-dealkylation sites (N-methyl/N-ethyl adjacent to an activating group) is 1. The normalized spacial score (nSPS) is 16.7. The molecule has 2 heterocycles. The molecule has 0 radical (unpaired) electrons. The van der Waals surface area contributed by atoms with E-state index in [1.54, 1.807) is 4.90 Å². The van der Waals surface area contributed by atoms with Gasteiger partial charge in [-0.25, -0.2) is 18.2 Å². The maximum absolute atomic E-state index is 14.3. The van der Waals surface area contributed by atoms with Crippen LogP contribution in [0, 0.1) is 0 Å². The lowest BCUT2D eigenvalue weighted by Gasteiger charge is -2.37. The van der Waals surface area contributed by atoms with E-state index in [4.69, 9.17) is 23.2 Å². The third-order valence-corrected chi connectivity index (χ3v) is 9.73. The summed E-state index contributed by atoms with van der Waals surface area (Å²) in [6.07, 6.45) is -3.73. The van der Waals surface area contributed by atoms with Crippen molar-refractivity contribution in [1.29, 1.82) is 0 Å². The number of sulfone groups is 1. The van der Waals surface area contributed by atoms with Gasteiger partial charge in [0.1, 0.15) is 0 Å². The van der Waals surface area contributed by atoms with Crippen LogP contribution < -0.4 is 5.56 Å². The van der Waals surface area contributed by atoms with E-state index in [-0.39, 0.29) is 62.4 Å². The van der Waals surface area contributed by atoms with Gasteiger partial charge in [0.2, 0.25) is 0 Å². The zero-order valence-electron chi connectivity index (χ0n) is 22.1. The van der Waals surface area contributed by atoms with Crippen molar-refractivity contribution in [2.45, 2.75) is 50.0 Å². The number of hydrogen-bond donors (Lipinski definition) is 1. The summed E-state index contributed by atoms with van der Waals surface area (Å²) in [6, 6.07) is 4.42. The molecule has 222 valence electrons. The van der Waals surface area contributed by atoms with Crippen LogP contribution in [-0.2, 0) is 29.1 Å². The van der Waals surface area contributed by atoms with E-state index in [1.165, 1.54) is 32.2 Å². The van der Waals surface area contributed by atoms with Gasteiger partial charge in [0, 0.05) is 31.2 Å². The minimum Gasteiger partial charge on any atom is -0.465 e. The number of piperidine rings is 1. The summed E-state index contributed by atoms with van der Waals surface area (Å²) in [5, 5.41) is 8.82. The topological polar surface area (TPSA) is 113 Å². The molecule has 1 aliphatic heterocycles. The van der Waals surface area contributed by atoms with Gasteiger partial charge < -0.3 is 10.0 Å². The SMILES string of the molecule is CCS(=O)(=O)c1ccc(Cl)cc1Cn1cnc2c(Cl)c(CN3CCC[C@@H](N(C)C(=O)O)C3)c(C(F)(F)F)cc2c1=O. The van der Waals surface area contributed by atoms with E-state index in [1.807, 2.05) is 0 Å². The Bertz CT molecular complexity index is 1660. The first kappa shape index (κ1) is 31.1. The highest BCUT2D eigenvalue weighted by molar-refractivity contribution is 7.91. The number of likely N-dealkylation sites (tertiary alicyclic amines) is 1. The molecule has 1 saturated heterocycles. The van der Waals surface area contributed by atoms with E-state index in [9.17, 15) is 36.3 Å². The predicted molar refractivity (Wildman–Crippen MR) is 148 cm³/mol. The Kier molecular flexibility index (Phi) is 8.93. The number of nitrogens with zero attached hydrogens (tertiary/aromatic N) is 4. The van der Waals surface area contributed by atoms with Gasteiger partial charge in [-0.05, 0) is 54.8 Å². The van der Waals surface area contributed by atoms with Crippen LogP contribution in [0.1, 0.15) is 36.5 Å². The number of aromatic nitrogens is 2. The smallest absolute Gasteiger partial charge is 0.416 e. The Morgan fingerprint density at radius 2 is 1.93 bits per heavy atom. The second-order valence-electron chi connectivity index (χ2n) is 9.87. The van der Waals surface area contributed by atoms with Crippen LogP contribution in [0.4, 0.5) is 18.0 Å². The molecule has 1 amide bonds. The van der Waals surface area contributed by atoms with Crippen LogP contribution in [0.15, 0.2) is 40.3 Å². The minimum absolute atomic E-state index is 0.0471. The first-order valence-corrected chi connectivity index (χ1v) is 15.0. The summed E-state index contributed by atoms with van der Waals surface area (Å²) < 4.78 is 69.1. The van der Waals surface area contributed by atoms with Crippen LogP contribution in [0.2, 0.25) is 10.0 Å². The van der Waals surface area contributed by atoms with Crippen LogP contribution >= 0.6 is 23.2 Å². The zero-order valence-corrected chi connectivity index (χ0v) is 24.4. The molecule has 9 nitrogen and oxygen atoms in total. The number of hydrogen-bond acceptors (Lipinski definition) is 6. The molecule has 1 fully saturated rings. The van der Waals surface area contributed by atoms with E-state index in [2.05, 4.69) is 4.98 Å². The Morgan fingerprint density at radius 1 is 1.22 bits per heavy atom. The second-order valence-corrected chi connectivity index (χ2v) is 12.9. The van der Waals surface area contributed by atoms with Crippen molar-refractivity contribution in [2.75, 3.05) is 25.9 Å². The maximum Gasteiger partial charge on any atom is 0.416 e. The van der Waals surface area contributed by atoms with Gasteiger partial charge >= 0.3 is 12.3 Å². The van der Waals surface area contributed by atoms with Gasteiger partial charge in [0.25, 0.3) is 5.56 Å². The molecule has 0 aliphatic carbocycles. The molecule has 2 aromatic carbocycles. The van der Waals surface area contributed by atoms with Crippen molar-refractivity contribution in [1.82, 2.24) is 19.4 Å². The summed E-state index contributed by atoms with van der Waals surface area (Å²) in [7, 11) is -2.28. The van der Waals surface area contributed by atoms with Gasteiger partial charge in [0.05, 0.1) is 45.0 Å². The van der Waals surface area contributed by atoms with Gasteiger partial charge in [-0.3, -0.25) is 14.3 Å². The molecule has 0 saturated carbocycles. The Morgan fingerprint density at radius 3 is 2.56 bits per heavy atom. The van der Waals surface area contributed by atoms with Crippen LogP contribution in [0.25, 0.3) is 10.9 Å². The number of amides is 1. The number of fused-ring (bicyclic) bond motifs is 1. The largest absolute Gasteiger partial charge is 0.465 e. The van der Waals surface area contributed by atoms with Crippen LogP contribution in [-0.4, -0.2) is 70.9 Å². The highest BCUT2D eigenvalue weighted by Crippen LogP contribution is 2.39. The molecular weight excluding hydrogens is 608 g/mol. The Labute approximate surface area is 244 Å². The molecule has 1 aromatic heterocycles. The lowest BCUT2D eigenvalue weighted by molar-refractivity contribution is -0.138. The lowest BCUT2D eigenvalue weighted by Crippen LogP contribution is -2.48. The minimum atomic E-state index is -4.86. The van der Waals surface area contributed by atoms with Gasteiger partial charge in [0.15, 0.2) is 9.84 Å². The van der Waals surface area contributed by atoms with Crippen molar-refractivity contribution >= 4 is 50.0 Å². The first-order valence-electron chi connectivity index (χ1n) is 12.6. The van der Waals surface area contributed by atoms with Gasteiger partial charge in [-0.15, -0.1) is 0 Å². The lowest BCUT2D eigenvalue weighted by atomic mass is 10.00. The molecule has 1 aliphatic rings. The van der Waals surface area contributed by atoms with Crippen molar-refractivity contribution < 1.29 is 31.5 Å². The fourth-order valence-electron chi connectivity index (χ4n) is 5.01. The molecule has 4 rings (SSSR count). The average Bonchev–Trinajstić information content (AvgIpc) is 2.90. The summed E-state index contributed by atoms with van der Waals surface area (Å²) >= 11 is 12.6. The Balaban J connectivity index is 1.78. The molecular formula is C26H27Cl2F3N4O5S. The third kappa shape index (κ3) is 6.47. The van der Waals surface area contributed by atoms with Crippen molar-refractivity contribution in [3.05, 3.63) is 67.7 Å². The molecule has 0 bridgehead atoms. The third-order valence-electron chi connectivity index (χ3n) is 7.25. The standard InChI is InChI=1S/C26H27Cl2F3N4O5S/c1-3-41(39,40)21-7-6-16(27)9-15(21)11-35-14-32-23-18(24(35)36)10-20(26(29,30)31)19(22(23)28)13-34-8-4-5-17(12-34)33(2)25(37)38/h6-7,9-10,14,17H,3-5,8,11-13H2,1-2H3,(H,37,38)/t17-/m1/s1. The average molecular weight is 635 g/mol. The van der Waals surface area contributed by atoms with Crippen LogP contribution in [0.5, 0.6) is 0 Å². The molecule has 3 aromatic rings. The van der Waals surface area contributed by atoms with Crippen molar-refractivity contribution in [3.8, 4) is 0 Å². The highest BCUT2D eigenvalue weighted by atomic mass is 35.5. The number of rotatable bonds is 7. The summed E-state index contributed by atoms with van der Waals surface area (Å²) in [5.41, 5.74) is -2.14. The Hall–Kier alpha value is -2.87. The molecule has 0 spiro atoms. The van der Waals surface area contributed by atoms with Crippen molar-refractivity contribution in [3.63, 3.8) is 0 Å². The van der Waals surface area contributed by atoms with E-state index in [0.29, 0.717) is 19.4 Å². The molecule has 41 heavy (non-hydrogen) atoms. The number of carbonyl (C=O) groups is 1. The number of carboxylic acid groups (broad SMARTS) is 1. The molecule has 15 heteroatoms. The summed E-state index contributed by atoms with van der Waals surface area (Å²) in [6.45, 7) is 1.59. The van der Waals surface area contributed by atoms with Gasteiger partial charge in [-0.2, -0.15) is 13.2 Å². The number of halogens is 5. The second kappa shape index (κ2) is 11.8. The molecule has 0 unspecified atom stereocenters. The zero-order chi connectivity index (χ0) is 30.3. The fraction of sp³-hybridized carbons (Fsp3) is 0.423. The van der Waals surface area contributed by atoms with E-state index in [0.717, 1.165) is 21.9 Å². The first-order chi connectivity index (χ1) is 19.1. The highest BCUT2D eigenvalue weighted by Gasteiger charge is 2.37. The predicted octanol–water partition coefficient (Wildman–Crippen LogP) is 5.14. The molecule has 1 atom stereocenters. The van der Waals surface area contributed by atoms with E-state index >= 15 is 0 Å². The number of alkyl halides is 3. The quantitative estimate of drug-likeness (QED) is 0.383. The van der Waals surface area contributed by atoms with Crippen LogP contribution in [0.3, 0.4) is 0 Å². The van der Waals surface area contributed by atoms with Crippen molar-refractivity contribution in [2.24, 2.45) is 0 Å². The van der Waals surface area contributed by atoms with Gasteiger partial charge in [-0.1, -0.05) is 30.1 Å². The number of benzene rings is 2. The molecule has 1 N–H and O–H groups in total. The summed E-state index contributed by atoms with van der Waals surface area (Å²) in [4.78, 5) is 31.8. The van der Waals surface area contributed by atoms with E-state index < -0.39 is 39.3 Å². The fourth-order valence-corrected chi connectivity index (χ4v) is 6.62.